The van der Waals surface area contributed by atoms with E-state index in [1.165, 1.54) is 30.5 Å². The van der Waals surface area contributed by atoms with Gasteiger partial charge in [0.1, 0.15) is 5.54 Å². The van der Waals surface area contributed by atoms with Crippen molar-refractivity contribution in [2.45, 2.75) is 51.1 Å². The maximum atomic E-state index is 9.51. The van der Waals surface area contributed by atoms with Crippen LogP contribution in [0.3, 0.4) is 0 Å². The maximum absolute atomic E-state index is 9.51. The summed E-state index contributed by atoms with van der Waals surface area (Å²) in [4.78, 5) is 2.47. The second kappa shape index (κ2) is 5.69. The Labute approximate surface area is 128 Å². The van der Waals surface area contributed by atoms with Gasteiger partial charge in [0.2, 0.25) is 0 Å². The molecule has 0 saturated heterocycles. The van der Waals surface area contributed by atoms with Gasteiger partial charge in [0.15, 0.2) is 0 Å². The molecule has 1 fully saturated rings. The highest BCUT2D eigenvalue weighted by atomic mass is 15.1. The molecule has 1 aliphatic heterocycles. The fourth-order valence-corrected chi connectivity index (χ4v) is 3.32. The minimum atomic E-state index is -0.392. The van der Waals surface area contributed by atoms with Gasteiger partial charge in [0, 0.05) is 24.8 Å². The van der Waals surface area contributed by atoms with Crippen molar-refractivity contribution < 1.29 is 0 Å². The first-order valence-electron chi connectivity index (χ1n) is 8.11. The zero-order chi connectivity index (χ0) is 14.9. The molecule has 0 spiro atoms. The summed E-state index contributed by atoms with van der Waals surface area (Å²) in [5.41, 5.74) is 2.42. The van der Waals surface area contributed by atoms with Gasteiger partial charge in [-0.1, -0.05) is 25.1 Å². The zero-order valence-electron chi connectivity index (χ0n) is 13.1. The van der Waals surface area contributed by atoms with Crippen LogP contribution >= 0.6 is 0 Å². The summed E-state index contributed by atoms with van der Waals surface area (Å²) in [6.45, 7) is 6.41. The highest BCUT2D eigenvalue weighted by Crippen LogP contribution is 2.30. The zero-order valence-corrected chi connectivity index (χ0v) is 13.1. The van der Waals surface area contributed by atoms with E-state index in [0.717, 1.165) is 19.5 Å². The smallest absolute Gasteiger partial charge is 0.105 e. The van der Waals surface area contributed by atoms with Crippen molar-refractivity contribution in [3.05, 3.63) is 29.8 Å². The van der Waals surface area contributed by atoms with Crippen molar-refractivity contribution in [3.63, 3.8) is 0 Å². The molecule has 2 atom stereocenters. The first-order valence-corrected chi connectivity index (χ1v) is 8.11. The van der Waals surface area contributed by atoms with Crippen LogP contribution < -0.4 is 10.2 Å². The van der Waals surface area contributed by atoms with E-state index < -0.39 is 5.54 Å². The van der Waals surface area contributed by atoms with Gasteiger partial charge in [0.25, 0.3) is 0 Å². The summed E-state index contributed by atoms with van der Waals surface area (Å²) < 4.78 is 0. The maximum Gasteiger partial charge on any atom is 0.105 e. The van der Waals surface area contributed by atoms with Crippen LogP contribution in [0.25, 0.3) is 0 Å². The number of para-hydroxylation sites is 1. The van der Waals surface area contributed by atoms with Gasteiger partial charge in [-0.3, -0.25) is 5.32 Å². The molecule has 1 N–H and O–H groups in total. The van der Waals surface area contributed by atoms with E-state index in [2.05, 4.69) is 47.5 Å². The SMILES string of the molecule is CC1Cc2ccccc2N(CCC(C)(C#N)NC2CC2)C1. The lowest BCUT2D eigenvalue weighted by molar-refractivity contribution is 0.406. The van der Waals surface area contributed by atoms with E-state index in [1.54, 1.807) is 0 Å². The van der Waals surface area contributed by atoms with Crippen LogP contribution in [-0.2, 0) is 6.42 Å². The van der Waals surface area contributed by atoms with Crippen molar-refractivity contribution in [2.75, 3.05) is 18.0 Å². The number of nitrogens with one attached hydrogen (secondary N) is 1. The fourth-order valence-electron chi connectivity index (χ4n) is 3.32. The van der Waals surface area contributed by atoms with Crippen molar-refractivity contribution in [3.8, 4) is 6.07 Å². The van der Waals surface area contributed by atoms with Gasteiger partial charge in [0.05, 0.1) is 6.07 Å². The van der Waals surface area contributed by atoms with E-state index >= 15 is 0 Å². The first-order chi connectivity index (χ1) is 10.1. The van der Waals surface area contributed by atoms with Crippen LogP contribution in [-0.4, -0.2) is 24.7 Å². The van der Waals surface area contributed by atoms with Gasteiger partial charge < -0.3 is 4.90 Å². The number of fused-ring (bicyclic) bond motifs is 1. The Morgan fingerprint density at radius 1 is 1.38 bits per heavy atom. The summed E-state index contributed by atoms with van der Waals surface area (Å²) in [5, 5.41) is 13.0. The van der Waals surface area contributed by atoms with Crippen LogP contribution in [0.4, 0.5) is 5.69 Å². The molecule has 1 aliphatic carbocycles. The molecule has 2 unspecified atom stereocenters. The minimum absolute atomic E-state index is 0.392. The summed E-state index contributed by atoms with van der Waals surface area (Å²) in [7, 11) is 0. The molecular weight excluding hydrogens is 258 g/mol. The molecule has 0 amide bonds. The molecule has 0 aromatic heterocycles. The molecule has 1 aromatic rings. The van der Waals surface area contributed by atoms with Crippen molar-refractivity contribution in [1.29, 1.82) is 5.26 Å². The topological polar surface area (TPSA) is 39.1 Å². The highest BCUT2D eigenvalue weighted by molar-refractivity contribution is 5.55. The monoisotopic (exact) mass is 283 g/mol. The third kappa shape index (κ3) is 3.39. The van der Waals surface area contributed by atoms with Gasteiger partial charge in [-0.2, -0.15) is 5.26 Å². The van der Waals surface area contributed by atoms with Crippen LogP contribution in [0, 0.1) is 17.2 Å². The Morgan fingerprint density at radius 2 is 2.14 bits per heavy atom. The van der Waals surface area contributed by atoms with E-state index in [9.17, 15) is 5.26 Å². The second-order valence-corrected chi connectivity index (χ2v) is 7.00. The number of hydrogen-bond donors (Lipinski definition) is 1. The fraction of sp³-hybridized carbons (Fsp3) is 0.611. The van der Waals surface area contributed by atoms with Gasteiger partial charge in [-0.05, 0) is 50.2 Å². The summed E-state index contributed by atoms with van der Waals surface area (Å²) >= 11 is 0. The van der Waals surface area contributed by atoms with E-state index in [4.69, 9.17) is 0 Å². The van der Waals surface area contributed by atoms with Gasteiger partial charge in [-0.15, -0.1) is 0 Å². The lowest BCUT2D eigenvalue weighted by Crippen LogP contribution is -2.46. The minimum Gasteiger partial charge on any atom is -0.371 e. The van der Waals surface area contributed by atoms with Crippen LogP contribution in [0.15, 0.2) is 24.3 Å². The van der Waals surface area contributed by atoms with Crippen molar-refractivity contribution >= 4 is 5.69 Å². The molecule has 1 heterocycles. The molecule has 0 radical (unpaired) electrons. The molecule has 2 aliphatic rings. The van der Waals surface area contributed by atoms with Gasteiger partial charge >= 0.3 is 0 Å². The molecule has 112 valence electrons. The lowest BCUT2D eigenvalue weighted by Gasteiger charge is -2.36. The first kappa shape index (κ1) is 14.4. The highest BCUT2D eigenvalue weighted by Gasteiger charge is 2.33. The molecular formula is C18H25N3. The quantitative estimate of drug-likeness (QED) is 0.902. The van der Waals surface area contributed by atoms with E-state index in [-0.39, 0.29) is 0 Å². The van der Waals surface area contributed by atoms with Gasteiger partial charge in [-0.25, -0.2) is 0 Å². The number of benzene rings is 1. The molecule has 3 rings (SSSR count). The molecule has 21 heavy (non-hydrogen) atoms. The third-order valence-electron chi connectivity index (χ3n) is 4.66. The number of nitrogens with zero attached hydrogens (tertiary/aromatic N) is 2. The Kier molecular flexibility index (Phi) is 3.91. The average molecular weight is 283 g/mol. The number of hydrogen-bond acceptors (Lipinski definition) is 3. The largest absolute Gasteiger partial charge is 0.371 e. The Balaban J connectivity index is 1.68. The number of nitriles is 1. The van der Waals surface area contributed by atoms with Crippen molar-refractivity contribution in [2.24, 2.45) is 5.92 Å². The lowest BCUT2D eigenvalue weighted by atomic mass is 9.92. The second-order valence-electron chi connectivity index (χ2n) is 7.00. The Morgan fingerprint density at radius 3 is 2.86 bits per heavy atom. The van der Waals surface area contributed by atoms with Crippen LogP contribution in [0.5, 0.6) is 0 Å². The normalized spacial score (nSPS) is 24.0. The van der Waals surface area contributed by atoms with E-state index in [1.807, 2.05) is 6.92 Å². The Bertz CT molecular complexity index is 544. The summed E-state index contributed by atoms with van der Waals surface area (Å²) in [5.74, 6) is 0.685. The standard InChI is InChI=1S/C18H25N3/c1-14-11-15-5-3-4-6-17(15)21(12-14)10-9-18(2,13-19)20-16-7-8-16/h3-6,14,16,20H,7-12H2,1-2H3. The molecule has 1 saturated carbocycles. The number of anilines is 1. The molecule has 3 nitrogen and oxygen atoms in total. The summed E-state index contributed by atoms with van der Waals surface area (Å²) in [6.07, 6.45) is 4.49. The predicted molar refractivity (Wildman–Crippen MR) is 86.3 cm³/mol. The molecule has 3 heteroatoms. The average Bonchev–Trinajstić information content (AvgIpc) is 3.28. The van der Waals surface area contributed by atoms with E-state index in [0.29, 0.717) is 12.0 Å². The Hall–Kier alpha value is -1.53. The molecule has 0 bridgehead atoms. The molecule has 1 aromatic carbocycles. The number of rotatable bonds is 5. The van der Waals surface area contributed by atoms with Crippen molar-refractivity contribution in [1.82, 2.24) is 5.32 Å². The third-order valence-corrected chi connectivity index (χ3v) is 4.66. The van der Waals surface area contributed by atoms with Crippen LogP contribution in [0.1, 0.15) is 38.7 Å². The summed E-state index contributed by atoms with van der Waals surface area (Å²) in [6, 6.07) is 11.8. The predicted octanol–water partition coefficient (Wildman–Crippen LogP) is 3.11. The van der Waals surface area contributed by atoms with Crippen LogP contribution in [0.2, 0.25) is 0 Å².